The molecule has 0 aliphatic rings. The van der Waals surface area contributed by atoms with Gasteiger partial charge in [0.1, 0.15) is 5.75 Å². The average molecular weight is 331 g/mol. The highest BCUT2D eigenvalue weighted by Crippen LogP contribution is 2.18. The molecular formula is C16H24F3N3O. The predicted molar refractivity (Wildman–Crippen MR) is 85.9 cm³/mol. The van der Waals surface area contributed by atoms with E-state index in [0.29, 0.717) is 12.5 Å². The number of halogens is 3. The Bertz CT molecular complexity index is 484. The Kier molecular flexibility index (Phi) is 7.71. The highest BCUT2D eigenvalue weighted by atomic mass is 19.4. The molecule has 0 heterocycles. The first-order valence-electron chi connectivity index (χ1n) is 7.57. The van der Waals surface area contributed by atoms with Gasteiger partial charge in [0.15, 0.2) is 5.96 Å². The van der Waals surface area contributed by atoms with Crippen LogP contribution in [0.1, 0.15) is 25.8 Å². The van der Waals surface area contributed by atoms with Crippen LogP contribution in [0.25, 0.3) is 0 Å². The molecular weight excluding hydrogens is 307 g/mol. The zero-order chi connectivity index (χ0) is 17.3. The molecule has 0 radical (unpaired) electrons. The Morgan fingerprint density at radius 1 is 1.13 bits per heavy atom. The van der Waals surface area contributed by atoms with Crippen molar-refractivity contribution in [2.24, 2.45) is 4.99 Å². The van der Waals surface area contributed by atoms with Gasteiger partial charge >= 0.3 is 6.18 Å². The second-order valence-corrected chi connectivity index (χ2v) is 5.35. The van der Waals surface area contributed by atoms with E-state index in [-0.39, 0.29) is 12.6 Å². The Hall–Kier alpha value is -1.92. The molecule has 7 heteroatoms. The van der Waals surface area contributed by atoms with Gasteiger partial charge in [-0.05, 0) is 38.0 Å². The summed E-state index contributed by atoms with van der Waals surface area (Å²) in [7, 11) is 1.53. The number of alkyl halides is 3. The summed E-state index contributed by atoms with van der Waals surface area (Å²) in [5.74, 6) is 1.19. The van der Waals surface area contributed by atoms with Crippen LogP contribution >= 0.6 is 0 Å². The normalized spacial score (nSPS) is 12.4. The summed E-state index contributed by atoms with van der Waals surface area (Å²) in [5, 5.41) is 5.63. The minimum absolute atomic E-state index is 0.133. The maximum absolute atomic E-state index is 12.1. The second kappa shape index (κ2) is 9.27. The standard InChI is InChI=1S/C16H24F3N3O/c1-12(2)23-14-6-4-13(5-7-14)8-10-21-15(20-3)22-11-9-16(17,18)19/h4-7,12H,8-11H2,1-3H3,(H2,20,21,22). The van der Waals surface area contributed by atoms with E-state index in [0.717, 1.165) is 17.7 Å². The average Bonchev–Trinajstić information content (AvgIpc) is 2.45. The number of hydrogen-bond donors (Lipinski definition) is 2. The van der Waals surface area contributed by atoms with E-state index in [1.54, 1.807) is 0 Å². The summed E-state index contributed by atoms with van der Waals surface area (Å²) >= 11 is 0. The van der Waals surface area contributed by atoms with Crippen LogP contribution in [0.2, 0.25) is 0 Å². The number of hydrogen-bond acceptors (Lipinski definition) is 2. The molecule has 0 saturated heterocycles. The van der Waals surface area contributed by atoms with Gasteiger partial charge < -0.3 is 15.4 Å². The molecule has 1 aromatic rings. The third-order valence-corrected chi connectivity index (χ3v) is 2.93. The monoisotopic (exact) mass is 331 g/mol. The fourth-order valence-electron chi connectivity index (χ4n) is 1.88. The minimum atomic E-state index is -4.16. The summed E-state index contributed by atoms with van der Waals surface area (Å²) in [5.41, 5.74) is 1.11. The van der Waals surface area contributed by atoms with Crippen LogP contribution in [0.5, 0.6) is 5.75 Å². The molecule has 0 unspecified atom stereocenters. The quantitative estimate of drug-likeness (QED) is 0.596. The maximum atomic E-state index is 12.1. The van der Waals surface area contributed by atoms with Crippen molar-refractivity contribution in [3.63, 3.8) is 0 Å². The number of rotatable bonds is 7. The largest absolute Gasteiger partial charge is 0.491 e. The molecule has 1 aromatic carbocycles. The van der Waals surface area contributed by atoms with Crippen LogP contribution in [-0.4, -0.2) is 38.4 Å². The number of guanidine groups is 1. The van der Waals surface area contributed by atoms with Crippen molar-refractivity contribution in [3.8, 4) is 5.75 Å². The molecule has 0 fully saturated rings. The first kappa shape index (κ1) is 19.1. The van der Waals surface area contributed by atoms with Gasteiger partial charge in [0, 0.05) is 20.1 Å². The van der Waals surface area contributed by atoms with Gasteiger partial charge in [0.05, 0.1) is 12.5 Å². The van der Waals surface area contributed by atoms with Gasteiger partial charge in [-0.25, -0.2) is 0 Å². The topological polar surface area (TPSA) is 45.7 Å². The fraction of sp³-hybridized carbons (Fsp3) is 0.562. The van der Waals surface area contributed by atoms with E-state index in [2.05, 4.69) is 15.6 Å². The van der Waals surface area contributed by atoms with Gasteiger partial charge in [-0.2, -0.15) is 13.2 Å². The molecule has 0 spiro atoms. The molecule has 23 heavy (non-hydrogen) atoms. The Labute approximate surface area is 135 Å². The van der Waals surface area contributed by atoms with Crippen molar-refractivity contribution >= 4 is 5.96 Å². The molecule has 4 nitrogen and oxygen atoms in total. The summed E-state index contributed by atoms with van der Waals surface area (Å²) in [6.45, 7) is 4.32. The first-order valence-corrected chi connectivity index (χ1v) is 7.57. The molecule has 0 bridgehead atoms. The van der Waals surface area contributed by atoms with Gasteiger partial charge in [0.25, 0.3) is 0 Å². The minimum Gasteiger partial charge on any atom is -0.491 e. The van der Waals surface area contributed by atoms with E-state index < -0.39 is 12.6 Å². The van der Waals surface area contributed by atoms with Crippen LogP contribution < -0.4 is 15.4 Å². The molecule has 0 aliphatic heterocycles. The highest BCUT2D eigenvalue weighted by Gasteiger charge is 2.26. The van der Waals surface area contributed by atoms with Gasteiger partial charge in [-0.1, -0.05) is 12.1 Å². The Morgan fingerprint density at radius 3 is 2.26 bits per heavy atom. The van der Waals surface area contributed by atoms with E-state index in [9.17, 15) is 13.2 Å². The molecule has 130 valence electrons. The lowest BCUT2D eigenvalue weighted by molar-refractivity contribution is -0.132. The number of ether oxygens (including phenoxy) is 1. The SMILES string of the molecule is CN=C(NCCc1ccc(OC(C)C)cc1)NCCC(F)(F)F. The zero-order valence-corrected chi connectivity index (χ0v) is 13.7. The Balaban J connectivity index is 2.31. The Morgan fingerprint density at radius 2 is 1.74 bits per heavy atom. The third kappa shape index (κ3) is 8.95. The lowest BCUT2D eigenvalue weighted by atomic mass is 10.1. The van der Waals surface area contributed by atoms with Gasteiger partial charge in [-0.15, -0.1) is 0 Å². The van der Waals surface area contributed by atoms with E-state index in [1.807, 2.05) is 38.1 Å². The third-order valence-electron chi connectivity index (χ3n) is 2.93. The highest BCUT2D eigenvalue weighted by molar-refractivity contribution is 5.79. The van der Waals surface area contributed by atoms with Crippen molar-refractivity contribution in [1.82, 2.24) is 10.6 Å². The molecule has 0 saturated carbocycles. The predicted octanol–water partition coefficient (Wildman–Crippen LogP) is 3.13. The fourth-order valence-corrected chi connectivity index (χ4v) is 1.88. The van der Waals surface area contributed by atoms with Crippen LogP contribution in [0.3, 0.4) is 0 Å². The summed E-state index contributed by atoms with van der Waals surface area (Å²) in [6.07, 6.45) is -4.17. The number of nitrogens with zero attached hydrogens (tertiary/aromatic N) is 1. The maximum Gasteiger partial charge on any atom is 0.390 e. The van der Waals surface area contributed by atoms with Crippen molar-refractivity contribution in [2.45, 2.75) is 39.0 Å². The van der Waals surface area contributed by atoms with Crippen molar-refractivity contribution < 1.29 is 17.9 Å². The zero-order valence-electron chi connectivity index (χ0n) is 13.7. The molecule has 1 rings (SSSR count). The van der Waals surface area contributed by atoms with Gasteiger partial charge in [0.2, 0.25) is 0 Å². The first-order chi connectivity index (χ1) is 10.8. The number of benzene rings is 1. The van der Waals surface area contributed by atoms with Crippen LogP contribution in [0, 0.1) is 0 Å². The lowest BCUT2D eigenvalue weighted by Crippen LogP contribution is -2.39. The lowest BCUT2D eigenvalue weighted by Gasteiger charge is -2.13. The van der Waals surface area contributed by atoms with E-state index in [4.69, 9.17) is 4.74 Å². The van der Waals surface area contributed by atoms with Crippen LogP contribution in [0.15, 0.2) is 29.3 Å². The summed E-state index contributed by atoms with van der Waals surface area (Å²) < 4.78 is 41.8. The summed E-state index contributed by atoms with van der Waals surface area (Å²) in [4.78, 5) is 3.89. The summed E-state index contributed by atoms with van der Waals surface area (Å²) in [6, 6.07) is 7.76. The van der Waals surface area contributed by atoms with Crippen LogP contribution in [0.4, 0.5) is 13.2 Å². The van der Waals surface area contributed by atoms with Crippen LogP contribution in [-0.2, 0) is 6.42 Å². The van der Waals surface area contributed by atoms with E-state index in [1.165, 1.54) is 7.05 Å². The van der Waals surface area contributed by atoms with Crippen molar-refractivity contribution in [3.05, 3.63) is 29.8 Å². The molecule has 0 aliphatic carbocycles. The molecule has 0 aromatic heterocycles. The van der Waals surface area contributed by atoms with E-state index >= 15 is 0 Å². The van der Waals surface area contributed by atoms with Crippen molar-refractivity contribution in [1.29, 1.82) is 0 Å². The molecule has 2 N–H and O–H groups in total. The number of aliphatic imine (C=N–C) groups is 1. The van der Waals surface area contributed by atoms with Gasteiger partial charge in [-0.3, -0.25) is 4.99 Å². The van der Waals surface area contributed by atoms with Crippen molar-refractivity contribution in [2.75, 3.05) is 20.1 Å². The second-order valence-electron chi connectivity index (χ2n) is 5.35. The molecule has 0 amide bonds. The smallest absolute Gasteiger partial charge is 0.390 e. The molecule has 0 atom stereocenters. The number of nitrogens with one attached hydrogen (secondary N) is 2.